The minimum Gasteiger partial charge on any atom is -0.478 e. The Bertz CT molecular complexity index is 940. The number of carbonyl (C=O) groups is 3. The molecule has 0 bridgehead atoms. The number of nitrogens with one attached hydrogen (secondary N) is 2. The molecule has 0 aromatic heterocycles. The van der Waals surface area contributed by atoms with Gasteiger partial charge in [0.25, 0.3) is 0 Å². The number of aliphatic carboxylic acids is 1. The van der Waals surface area contributed by atoms with Gasteiger partial charge >= 0.3 is 12.1 Å². The number of fused-ring (bicyclic) bond motifs is 3. The molecule has 1 atom stereocenters. The largest absolute Gasteiger partial charge is 0.478 e. The highest BCUT2D eigenvalue weighted by atomic mass is 16.5. The highest BCUT2D eigenvalue weighted by molar-refractivity contribution is 5.81. The van der Waals surface area contributed by atoms with E-state index in [1.807, 2.05) is 31.2 Å². The van der Waals surface area contributed by atoms with Crippen LogP contribution in [-0.2, 0) is 14.3 Å². The molecule has 7 heteroatoms. The molecule has 2 aromatic carbocycles. The Hall–Kier alpha value is -3.61. The third-order valence-corrected chi connectivity index (χ3v) is 5.27. The summed E-state index contributed by atoms with van der Waals surface area (Å²) in [6, 6.07) is 15.8. The highest BCUT2D eigenvalue weighted by Crippen LogP contribution is 2.44. The van der Waals surface area contributed by atoms with Crippen molar-refractivity contribution in [3.63, 3.8) is 0 Å². The maximum atomic E-state index is 12.4. The number of benzene rings is 2. The predicted octanol–water partition coefficient (Wildman–Crippen LogP) is 3.45. The van der Waals surface area contributed by atoms with Gasteiger partial charge in [0, 0.05) is 31.0 Å². The Morgan fingerprint density at radius 3 is 2.26 bits per heavy atom. The molecule has 0 radical (unpaired) electrons. The van der Waals surface area contributed by atoms with Crippen LogP contribution in [0.2, 0.25) is 0 Å². The van der Waals surface area contributed by atoms with E-state index in [4.69, 9.17) is 9.84 Å². The van der Waals surface area contributed by atoms with Crippen molar-refractivity contribution in [1.29, 1.82) is 0 Å². The zero-order valence-corrected chi connectivity index (χ0v) is 17.3. The topological polar surface area (TPSA) is 105 Å². The van der Waals surface area contributed by atoms with E-state index in [0.29, 0.717) is 6.42 Å². The zero-order valence-electron chi connectivity index (χ0n) is 17.3. The molecule has 3 N–H and O–H groups in total. The third kappa shape index (κ3) is 5.72. The van der Waals surface area contributed by atoms with E-state index in [9.17, 15) is 14.4 Å². The van der Waals surface area contributed by atoms with Gasteiger partial charge in [0.15, 0.2) is 0 Å². The molecule has 7 nitrogen and oxygen atoms in total. The second kappa shape index (κ2) is 10.4. The average Bonchev–Trinajstić information content (AvgIpc) is 3.08. The number of carbonyl (C=O) groups excluding carboxylic acids is 2. The lowest BCUT2D eigenvalue weighted by atomic mass is 9.98. The lowest BCUT2D eigenvalue weighted by Gasteiger charge is -2.18. The average molecular weight is 422 g/mol. The van der Waals surface area contributed by atoms with E-state index in [1.165, 1.54) is 6.08 Å². The fourth-order valence-corrected chi connectivity index (χ4v) is 3.73. The Labute approximate surface area is 181 Å². The van der Waals surface area contributed by atoms with Crippen molar-refractivity contribution in [2.45, 2.75) is 31.7 Å². The monoisotopic (exact) mass is 422 g/mol. The fraction of sp³-hybridized carbons (Fsp3) is 0.292. The summed E-state index contributed by atoms with van der Waals surface area (Å²) < 4.78 is 5.52. The van der Waals surface area contributed by atoms with Crippen LogP contribution >= 0.6 is 0 Å². The van der Waals surface area contributed by atoms with Crippen LogP contribution < -0.4 is 10.6 Å². The first-order valence-electron chi connectivity index (χ1n) is 10.3. The number of carboxylic acids is 1. The number of rotatable bonds is 9. The van der Waals surface area contributed by atoms with Crippen LogP contribution in [0.4, 0.5) is 4.79 Å². The molecule has 0 heterocycles. The van der Waals surface area contributed by atoms with Gasteiger partial charge in [-0.3, -0.25) is 4.79 Å². The summed E-state index contributed by atoms with van der Waals surface area (Å²) >= 11 is 0. The summed E-state index contributed by atoms with van der Waals surface area (Å²) in [6.45, 7) is 2.20. The van der Waals surface area contributed by atoms with E-state index >= 15 is 0 Å². The first-order chi connectivity index (χ1) is 15.0. The standard InChI is InChI=1S/C24H26N2O5/c1-2-16(14-22(27)25-13-7-12-23(28)29)26-24(30)31-15-21-19-10-5-3-8-17(19)18-9-4-6-11-20(18)21/h3-12,16,21H,2,13-15H2,1H3,(H,25,27)(H,26,30)(H,28,29)/b12-7+/t16-/m1/s1. The van der Waals surface area contributed by atoms with Gasteiger partial charge in [-0.25, -0.2) is 9.59 Å². The van der Waals surface area contributed by atoms with Crippen LogP contribution in [-0.4, -0.2) is 42.3 Å². The molecule has 0 saturated carbocycles. The van der Waals surface area contributed by atoms with Gasteiger partial charge in [-0.2, -0.15) is 0 Å². The number of hydrogen-bond acceptors (Lipinski definition) is 4. The first kappa shape index (κ1) is 22.1. The molecule has 1 aliphatic carbocycles. The molecule has 1 aliphatic rings. The normalized spacial score (nSPS) is 13.3. The van der Waals surface area contributed by atoms with Crippen molar-refractivity contribution in [3.05, 3.63) is 71.8 Å². The van der Waals surface area contributed by atoms with Crippen LogP contribution in [0.3, 0.4) is 0 Å². The molecule has 2 aromatic rings. The summed E-state index contributed by atoms with van der Waals surface area (Å²) in [5.41, 5.74) is 4.59. The maximum absolute atomic E-state index is 12.4. The number of hydrogen-bond donors (Lipinski definition) is 3. The van der Waals surface area contributed by atoms with Crippen LogP contribution in [0, 0.1) is 0 Å². The minimum atomic E-state index is -1.07. The van der Waals surface area contributed by atoms with Crippen LogP contribution in [0.25, 0.3) is 11.1 Å². The summed E-state index contributed by atoms with van der Waals surface area (Å²) in [7, 11) is 0. The zero-order chi connectivity index (χ0) is 22.2. The smallest absolute Gasteiger partial charge is 0.407 e. The second-order valence-electron chi connectivity index (χ2n) is 7.32. The van der Waals surface area contributed by atoms with Crippen LogP contribution in [0.1, 0.15) is 36.8 Å². The van der Waals surface area contributed by atoms with Gasteiger partial charge in [-0.1, -0.05) is 61.5 Å². The summed E-state index contributed by atoms with van der Waals surface area (Å²) in [4.78, 5) is 34.8. The lowest BCUT2D eigenvalue weighted by Crippen LogP contribution is -2.39. The molecule has 0 saturated heterocycles. The van der Waals surface area contributed by atoms with Crippen molar-refractivity contribution >= 4 is 18.0 Å². The number of alkyl carbamates (subject to hydrolysis) is 1. The quantitative estimate of drug-likeness (QED) is 0.537. The Morgan fingerprint density at radius 2 is 1.68 bits per heavy atom. The van der Waals surface area contributed by atoms with Gasteiger partial charge in [0.1, 0.15) is 6.61 Å². The minimum absolute atomic E-state index is 0.0254. The van der Waals surface area contributed by atoms with E-state index in [2.05, 4.69) is 34.9 Å². The highest BCUT2D eigenvalue weighted by Gasteiger charge is 2.29. The SMILES string of the molecule is CC[C@H](CC(=O)NC/C=C/C(=O)O)NC(=O)OCC1c2ccccc2-c2ccccc21. The molecular weight excluding hydrogens is 396 g/mol. The molecule has 0 fully saturated rings. The van der Waals surface area contributed by atoms with Gasteiger partial charge in [-0.05, 0) is 28.7 Å². The van der Waals surface area contributed by atoms with Crippen molar-refractivity contribution in [2.24, 2.45) is 0 Å². The van der Waals surface area contributed by atoms with Crippen molar-refractivity contribution in [3.8, 4) is 11.1 Å². The van der Waals surface area contributed by atoms with E-state index in [0.717, 1.165) is 28.3 Å². The summed E-state index contributed by atoms with van der Waals surface area (Å²) in [5, 5.41) is 13.9. The van der Waals surface area contributed by atoms with Crippen LogP contribution in [0.15, 0.2) is 60.7 Å². The maximum Gasteiger partial charge on any atom is 0.407 e. The molecule has 2 amide bonds. The van der Waals surface area contributed by atoms with E-state index < -0.39 is 12.1 Å². The number of amides is 2. The van der Waals surface area contributed by atoms with Crippen LogP contribution in [0.5, 0.6) is 0 Å². The fourth-order valence-electron chi connectivity index (χ4n) is 3.73. The van der Waals surface area contributed by atoms with Gasteiger partial charge < -0.3 is 20.5 Å². The van der Waals surface area contributed by atoms with Gasteiger partial charge in [0.05, 0.1) is 0 Å². The van der Waals surface area contributed by atoms with Gasteiger partial charge in [0.2, 0.25) is 5.91 Å². The first-order valence-corrected chi connectivity index (χ1v) is 10.3. The lowest BCUT2D eigenvalue weighted by molar-refractivity contribution is -0.131. The molecule has 3 rings (SSSR count). The summed E-state index contributed by atoms with van der Waals surface area (Å²) in [5.74, 6) is -1.37. The van der Waals surface area contributed by atoms with E-state index in [-0.39, 0.29) is 37.4 Å². The predicted molar refractivity (Wildman–Crippen MR) is 117 cm³/mol. The van der Waals surface area contributed by atoms with Crippen molar-refractivity contribution in [2.75, 3.05) is 13.2 Å². The molecule has 0 spiro atoms. The van der Waals surface area contributed by atoms with Crippen molar-refractivity contribution < 1.29 is 24.2 Å². The molecular formula is C24H26N2O5. The Kier molecular flexibility index (Phi) is 7.43. The molecule has 31 heavy (non-hydrogen) atoms. The molecule has 0 unspecified atom stereocenters. The third-order valence-electron chi connectivity index (χ3n) is 5.27. The van der Waals surface area contributed by atoms with E-state index in [1.54, 1.807) is 0 Å². The van der Waals surface area contributed by atoms with Crippen molar-refractivity contribution in [1.82, 2.24) is 10.6 Å². The second-order valence-corrected chi connectivity index (χ2v) is 7.32. The Morgan fingerprint density at radius 1 is 1.06 bits per heavy atom. The number of carboxylic acid groups (broad SMARTS) is 1. The van der Waals surface area contributed by atoms with Gasteiger partial charge in [-0.15, -0.1) is 0 Å². The molecule has 0 aliphatic heterocycles. The Balaban J connectivity index is 1.52. The molecule has 162 valence electrons. The summed E-state index contributed by atoms with van der Waals surface area (Å²) in [6.07, 6.45) is 2.39. The number of ether oxygens (including phenoxy) is 1.